The molecule has 1 saturated heterocycles. The van der Waals surface area contributed by atoms with Gasteiger partial charge in [-0.05, 0) is 12.0 Å². The van der Waals surface area contributed by atoms with E-state index in [0.29, 0.717) is 44.2 Å². The van der Waals surface area contributed by atoms with Crippen LogP contribution in [0, 0.1) is 17.4 Å². The Kier molecular flexibility index (Phi) is 5.02. The third-order valence-corrected chi connectivity index (χ3v) is 5.28. The molecular formula is C14H16N8O2S. The Morgan fingerprint density at radius 2 is 2.36 bits per heavy atom. The molecule has 2 aliphatic rings. The van der Waals surface area contributed by atoms with E-state index in [0.717, 1.165) is 10.6 Å². The first-order valence-corrected chi connectivity index (χ1v) is 8.65. The largest absolute Gasteiger partial charge is 0.337 e. The fourth-order valence-electron chi connectivity index (χ4n) is 2.93. The molecule has 130 valence electrons. The average Bonchev–Trinajstić information content (AvgIpc) is 3.24. The number of thiazole rings is 1. The Bertz CT molecular complexity index is 778. The molecule has 0 spiro atoms. The fourth-order valence-corrected chi connectivity index (χ4v) is 3.95. The van der Waals surface area contributed by atoms with Crippen LogP contribution in [-0.2, 0) is 22.6 Å². The van der Waals surface area contributed by atoms with Gasteiger partial charge in [-0.25, -0.2) is 4.98 Å². The number of nitrogens with zero attached hydrogens (tertiary/aromatic N) is 7. The molecule has 3 heterocycles. The number of fused-ring (bicyclic) bond motifs is 1. The molecule has 10 nitrogen and oxygen atoms in total. The number of likely N-dealkylation sites (tertiary alicyclic amines) is 1. The summed E-state index contributed by atoms with van der Waals surface area (Å²) in [6.07, 6.45) is 3.32. The number of hydrogen-bond donors (Lipinski definition) is 1. The molecule has 2 amide bonds. The Labute approximate surface area is 147 Å². The van der Waals surface area contributed by atoms with Crippen molar-refractivity contribution in [2.45, 2.75) is 19.4 Å². The maximum atomic E-state index is 12.3. The van der Waals surface area contributed by atoms with Crippen molar-refractivity contribution in [3.05, 3.63) is 21.0 Å². The van der Waals surface area contributed by atoms with E-state index >= 15 is 0 Å². The molecule has 0 aliphatic carbocycles. The summed E-state index contributed by atoms with van der Waals surface area (Å²) in [6.45, 7) is 1.78. The van der Waals surface area contributed by atoms with Gasteiger partial charge in [-0.15, -0.1) is 0 Å². The van der Waals surface area contributed by atoms with Gasteiger partial charge >= 0.3 is 0 Å². The molecule has 1 aromatic rings. The minimum absolute atomic E-state index is 0.125. The van der Waals surface area contributed by atoms with Gasteiger partial charge in [-0.3, -0.25) is 9.59 Å². The maximum Gasteiger partial charge on any atom is 0.231 e. The second kappa shape index (κ2) is 7.38. The first-order chi connectivity index (χ1) is 12.1. The van der Waals surface area contributed by atoms with E-state index in [2.05, 4.69) is 26.5 Å². The number of amides is 2. The van der Waals surface area contributed by atoms with E-state index in [-0.39, 0.29) is 24.3 Å². The summed E-state index contributed by atoms with van der Waals surface area (Å²) in [7, 11) is 0. The van der Waals surface area contributed by atoms with Crippen LogP contribution in [0.4, 0.5) is 5.13 Å². The third kappa shape index (κ3) is 3.81. The molecule has 25 heavy (non-hydrogen) atoms. The van der Waals surface area contributed by atoms with Crippen molar-refractivity contribution in [2.24, 2.45) is 11.0 Å². The molecule has 1 aromatic heterocycles. The van der Waals surface area contributed by atoms with Gasteiger partial charge in [-0.1, -0.05) is 16.5 Å². The minimum Gasteiger partial charge on any atom is -0.337 e. The van der Waals surface area contributed by atoms with Crippen molar-refractivity contribution in [1.29, 1.82) is 5.26 Å². The standard InChI is InChI=1S/C14H16N8O2S/c15-8-21-3-1-9(6-21)13(24)19-14-18-10-2-4-22(7-11(10)25-14)12(23)5-17-20-16/h9H,1-7H2,(H,18,19,24)/t9-/m1/s1. The lowest BCUT2D eigenvalue weighted by Gasteiger charge is -2.25. The van der Waals surface area contributed by atoms with Crippen LogP contribution >= 0.6 is 11.3 Å². The van der Waals surface area contributed by atoms with Crippen LogP contribution in [0.3, 0.4) is 0 Å². The molecule has 11 heteroatoms. The lowest BCUT2D eigenvalue weighted by atomic mass is 10.1. The van der Waals surface area contributed by atoms with Crippen LogP contribution < -0.4 is 5.32 Å². The molecule has 2 aliphatic heterocycles. The molecule has 1 N–H and O–H groups in total. The number of carbonyl (C=O) groups is 2. The van der Waals surface area contributed by atoms with Crippen LogP contribution in [0.2, 0.25) is 0 Å². The summed E-state index contributed by atoms with van der Waals surface area (Å²) in [6, 6.07) is 0. The number of hydrogen-bond acceptors (Lipinski definition) is 7. The number of aromatic nitrogens is 1. The van der Waals surface area contributed by atoms with Gasteiger partial charge in [0.05, 0.1) is 18.2 Å². The Balaban J connectivity index is 1.61. The summed E-state index contributed by atoms with van der Waals surface area (Å²) >= 11 is 1.36. The summed E-state index contributed by atoms with van der Waals surface area (Å²) in [5.41, 5.74) is 9.19. The van der Waals surface area contributed by atoms with Gasteiger partial charge in [0, 0.05) is 35.8 Å². The van der Waals surface area contributed by atoms with E-state index in [1.54, 1.807) is 9.80 Å². The zero-order chi connectivity index (χ0) is 17.8. The lowest BCUT2D eigenvalue weighted by Crippen LogP contribution is -2.36. The highest BCUT2D eigenvalue weighted by molar-refractivity contribution is 7.15. The maximum absolute atomic E-state index is 12.3. The van der Waals surface area contributed by atoms with Gasteiger partial charge in [0.1, 0.15) is 6.54 Å². The third-order valence-electron chi connectivity index (χ3n) is 4.28. The van der Waals surface area contributed by atoms with E-state index in [4.69, 9.17) is 10.8 Å². The summed E-state index contributed by atoms with van der Waals surface area (Å²) in [5.74, 6) is -0.548. The van der Waals surface area contributed by atoms with Crippen molar-refractivity contribution < 1.29 is 9.59 Å². The number of azide groups is 1. The Morgan fingerprint density at radius 1 is 1.52 bits per heavy atom. The Hall–Kier alpha value is -2.83. The summed E-state index contributed by atoms with van der Waals surface area (Å²) in [5, 5.41) is 15.5. The summed E-state index contributed by atoms with van der Waals surface area (Å²) < 4.78 is 0. The average molecular weight is 360 g/mol. The van der Waals surface area contributed by atoms with Crippen molar-refractivity contribution in [3.8, 4) is 6.19 Å². The number of carbonyl (C=O) groups excluding carboxylic acids is 2. The van der Waals surface area contributed by atoms with E-state index in [1.165, 1.54) is 11.3 Å². The summed E-state index contributed by atoms with van der Waals surface area (Å²) in [4.78, 5) is 35.4. The predicted molar refractivity (Wildman–Crippen MR) is 89.2 cm³/mol. The van der Waals surface area contributed by atoms with Gasteiger partial charge < -0.3 is 15.1 Å². The Morgan fingerprint density at radius 3 is 3.08 bits per heavy atom. The zero-order valence-electron chi connectivity index (χ0n) is 13.4. The van der Waals surface area contributed by atoms with Crippen molar-refractivity contribution in [3.63, 3.8) is 0 Å². The first-order valence-electron chi connectivity index (χ1n) is 7.83. The predicted octanol–water partition coefficient (Wildman–Crippen LogP) is 1.08. The molecule has 0 saturated carbocycles. The van der Waals surface area contributed by atoms with E-state index < -0.39 is 0 Å². The molecule has 1 fully saturated rings. The van der Waals surface area contributed by atoms with Crippen LogP contribution in [0.15, 0.2) is 5.11 Å². The monoisotopic (exact) mass is 360 g/mol. The van der Waals surface area contributed by atoms with Gasteiger partial charge in [0.25, 0.3) is 0 Å². The fraction of sp³-hybridized carbons (Fsp3) is 0.571. The molecule has 0 unspecified atom stereocenters. The molecule has 0 radical (unpaired) electrons. The van der Waals surface area contributed by atoms with Crippen molar-refractivity contribution in [2.75, 3.05) is 31.5 Å². The molecule has 0 bridgehead atoms. The van der Waals surface area contributed by atoms with Crippen molar-refractivity contribution in [1.82, 2.24) is 14.8 Å². The minimum atomic E-state index is -0.218. The van der Waals surface area contributed by atoms with Gasteiger partial charge in [0.2, 0.25) is 11.8 Å². The number of nitriles is 1. The molecular weight excluding hydrogens is 344 g/mol. The second-order valence-electron chi connectivity index (χ2n) is 5.86. The zero-order valence-corrected chi connectivity index (χ0v) is 14.2. The van der Waals surface area contributed by atoms with Crippen molar-refractivity contribution >= 4 is 28.3 Å². The van der Waals surface area contributed by atoms with Gasteiger partial charge in [0.15, 0.2) is 11.3 Å². The number of nitrogens with one attached hydrogen (secondary N) is 1. The molecule has 3 rings (SSSR count). The topological polar surface area (TPSA) is 138 Å². The normalized spacial score (nSPS) is 18.9. The second-order valence-corrected chi connectivity index (χ2v) is 6.95. The number of anilines is 1. The first kappa shape index (κ1) is 17.0. The highest BCUT2D eigenvalue weighted by Crippen LogP contribution is 2.29. The van der Waals surface area contributed by atoms with E-state index in [1.807, 2.05) is 0 Å². The SMILES string of the molecule is N#CN1CC[C@@H](C(=O)Nc2nc3c(s2)CN(C(=O)CN=[N+]=[N-])CC3)C1. The quantitative estimate of drug-likeness (QED) is 0.370. The van der Waals surface area contributed by atoms with Crippen LogP contribution in [0.1, 0.15) is 17.0 Å². The molecule has 1 atom stereocenters. The highest BCUT2D eigenvalue weighted by Gasteiger charge is 2.29. The van der Waals surface area contributed by atoms with Gasteiger partial charge in [-0.2, -0.15) is 5.26 Å². The lowest BCUT2D eigenvalue weighted by molar-refractivity contribution is -0.130. The van der Waals surface area contributed by atoms with Crippen LogP contribution in [-0.4, -0.2) is 52.8 Å². The number of rotatable bonds is 4. The smallest absolute Gasteiger partial charge is 0.231 e. The molecule has 0 aromatic carbocycles. The van der Waals surface area contributed by atoms with E-state index in [9.17, 15) is 9.59 Å². The van der Waals surface area contributed by atoms with Crippen LogP contribution in [0.5, 0.6) is 0 Å². The highest BCUT2D eigenvalue weighted by atomic mass is 32.1. The van der Waals surface area contributed by atoms with Crippen LogP contribution in [0.25, 0.3) is 10.4 Å².